The number of rotatable bonds is 6. The molecule has 0 radical (unpaired) electrons. The molecule has 7 fully saturated rings. The predicted octanol–water partition coefficient (Wildman–Crippen LogP) is 1.40. The van der Waals surface area contributed by atoms with E-state index in [0.29, 0.717) is 19.3 Å². The Kier molecular flexibility index (Phi) is 10.0. The number of carbonyl (C=O) groups excluding carboxylic acids is 1. The molecule has 2 bridgehead atoms. The van der Waals surface area contributed by atoms with Gasteiger partial charge < -0.3 is 64.5 Å². The van der Waals surface area contributed by atoms with Crippen molar-refractivity contribution >= 4 is 11.9 Å². The minimum atomic E-state index is -1.95. The molecule has 0 aromatic heterocycles. The molecule has 1 spiro atoms. The van der Waals surface area contributed by atoms with Crippen molar-refractivity contribution in [1.29, 1.82) is 0 Å². The smallest absolute Gasteiger partial charge is 0.335 e. The molecule has 8 N–H and O–H groups in total. The Morgan fingerprint density at radius 1 is 0.807 bits per heavy atom. The molecule has 8 rings (SSSR count). The van der Waals surface area contributed by atoms with E-state index >= 15 is 0 Å². The third kappa shape index (κ3) is 5.69. The highest BCUT2D eigenvalue weighted by Gasteiger charge is 2.74. The van der Waals surface area contributed by atoms with Gasteiger partial charge in [-0.25, -0.2) is 4.79 Å². The van der Waals surface area contributed by atoms with Crippen molar-refractivity contribution in [2.75, 3.05) is 6.61 Å². The maximum absolute atomic E-state index is 13.7. The lowest BCUT2D eigenvalue weighted by Gasteiger charge is -2.71. The van der Waals surface area contributed by atoms with Crippen LogP contribution in [-0.4, -0.2) is 139 Å². The normalized spacial score (nSPS) is 55.0. The summed E-state index contributed by atoms with van der Waals surface area (Å²) in [5.41, 5.74) is -1.04. The summed E-state index contributed by atoms with van der Waals surface area (Å²) in [7, 11) is 0. The molecule has 15 heteroatoms. The summed E-state index contributed by atoms with van der Waals surface area (Å²) in [5, 5.41) is 85.2. The van der Waals surface area contributed by atoms with Crippen molar-refractivity contribution < 1.29 is 74.1 Å². The van der Waals surface area contributed by atoms with Crippen molar-refractivity contribution in [3.05, 3.63) is 11.6 Å². The standard InChI is InChI=1S/C42H64O15/c1-37(2)14-19-18-8-9-22-39(5)12-11-24(38(3,4)21(39)10-13-40(22,6)41(18,7)15-23(44)42(19)16-25(37)55-36(42)52)54-35-32(29(48)28(47)31(56-35)33(50)51)57-34-30(49)27(46)26(45)20(17-43)53-34/h8,19-32,34-35,43-49H,9-17H2,1-7H3,(H,50,51)/t19-,20+,21-,22+,23+,24-,25-,26-,27-,28-,29-,30+,31-,32+,34-,35+,39-,40+,41+,42+/m0/s1. The van der Waals surface area contributed by atoms with Gasteiger partial charge in [0.25, 0.3) is 0 Å². The fourth-order valence-corrected chi connectivity index (χ4v) is 14.1. The van der Waals surface area contributed by atoms with Gasteiger partial charge in [0.15, 0.2) is 18.7 Å². The summed E-state index contributed by atoms with van der Waals surface area (Å²) in [4.78, 5) is 25.9. The Bertz CT molecular complexity index is 1650. The number of ether oxygens (including phenoxy) is 5. The van der Waals surface area contributed by atoms with Crippen LogP contribution in [0.25, 0.3) is 0 Å². The van der Waals surface area contributed by atoms with Gasteiger partial charge in [0.2, 0.25) is 0 Å². The number of hydrogen-bond donors (Lipinski definition) is 8. The molecule has 15 nitrogen and oxygen atoms in total. The van der Waals surface area contributed by atoms with Gasteiger partial charge in [-0.2, -0.15) is 0 Å². The summed E-state index contributed by atoms with van der Waals surface area (Å²) in [6.07, 6.45) is -10.6. The number of fused-ring (bicyclic) bond motifs is 7. The van der Waals surface area contributed by atoms with E-state index < -0.39 is 97.0 Å². The number of esters is 1. The molecule has 20 atom stereocenters. The van der Waals surface area contributed by atoms with E-state index in [9.17, 15) is 50.4 Å². The Morgan fingerprint density at radius 3 is 2.18 bits per heavy atom. The summed E-state index contributed by atoms with van der Waals surface area (Å²) in [5.74, 6) is -1.50. The highest BCUT2D eigenvalue weighted by Crippen LogP contribution is 2.76. The Morgan fingerprint density at radius 2 is 1.51 bits per heavy atom. The van der Waals surface area contributed by atoms with E-state index in [4.69, 9.17) is 23.7 Å². The number of carbonyl (C=O) groups is 2. The Hall–Kier alpha value is -1.76. The van der Waals surface area contributed by atoms with Crippen LogP contribution < -0.4 is 0 Å². The zero-order chi connectivity index (χ0) is 41.6. The second-order valence-electron chi connectivity index (χ2n) is 20.9. The summed E-state index contributed by atoms with van der Waals surface area (Å²) in [6.45, 7) is 15.0. The van der Waals surface area contributed by atoms with Crippen LogP contribution in [0.15, 0.2) is 11.6 Å². The van der Waals surface area contributed by atoms with Crippen molar-refractivity contribution in [3.63, 3.8) is 0 Å². The number of hydrogen-bond acceptors (Lipinski definition) is 14. The number of aliphatic hydroxyl groups is 7. The van der Waals surface area contributed by atoms with E-state index in [1.807, 2.05) is 0 Å². The number of allylic oxidation sites excluding steroid dienone is 2. The van der Waals surface area contributed by atoms with Gasteiger partial charge in [-0.3, -0.25) is 4.79 Å². The van der Waals surface area contributed by atoms with E-state index in [2.05, 4.69) is 54.5 Å². The van der Waals surface area contributed by atoms with Gasteiger partial charge in [-0.1, -0.05) is 60.1 Å². The monoisotopic (exact) mass is 808 g/mol. The van der Waals surface area contributed by atoms with Crippen LogP contribution in [0.1, 0.15) is 99.8 Å². The van der Waals surface area contributed by atoms with E-state index in [1.54, 1.807) is 0 Å². The second-order valence-corrected chi connectivity index (χ2v) is 20.9. The third-order valence-corrected chi connectivity index (χ3v) is 17.6. The van der Waals surface area contributed by atoms with Crippen molar-refractivity contribution in [1.82, 2.24) is 0 Å². The number of carboxylic acid groups (broad SMARTS) is 1. The Labute approximate surface area is 333 Å². The van der Waals surface area contributed by atoms with Crippen LogP contribution >= 0.6 is 0 Å². The highest BCUT2D eigenvalue weighted by atomic mass is 16.8. The van der Waals surface area contributed by atoms with Crippen LogP contribution in [0, 0.1) is 50.2 Å². The minimum absolute atomic E-state index is 0.0893. The molecule has 0 aromatic rings. The van der Waals surface area contributed by atoms with Crippen molar-refractivity contribution in [2.24, 2.45) is 50.2 Å². The first-order valence-electron chi connectivity index (χ1n) is 20.9. The molecule has 5 aliphatic carbocycles. The molecule has 0 aromatic carbocycles. The maximum atomic E-state index is 13.7. The molecule has 57 heavy (non-hydrogen) atoms. The largest absolute Gasteiger partial charge is 0.479 e. The van der Waals surface area contributed by atoms with Gasteiger partial charge >= 0.3 is 11.9 Å². The molecule has 8 aliphatic rings. The molecular formula is C42H64O15. The van der Waals surface area contributed by atoms with Crippen LogP contribution in [0.3, 0.4) is 0 Å². The van der Waals surface area contributed by atoms with Crippen LogP contribution in [0.5, 0.6) is 0 Å². The van der Waals surface area contributed by atoms with Gasteiger partial charge in [0.1, 0.15) is 54.2 Å². The van der Waals surface area contributed by atoms with Gasteiger partial charge in [-0.15, -0.1) is 0 Å². The predicted molar refractivity (Wildman–Crippen MR) is 198 cm³/mol. The lowest BCUT2D eigenvalue weighted by molar-refractivity contribution is -0.374. The maximum Gasteiger partial charge on any atom is 0.335 e. The molecular weight excluding hydrogens is 744 g/mol. The van der Waals surface area contributed by atoms with Crippen molar-refractivity contribution in [3.8, 4) is 0 Å². The average Bonchev–Trinajstić information content (AvgIpc) is 3.46. The minimum Gasteiger partial charge on any atom is -0.479 e. The fourth-order valence-electron chi connectivity index (χ4n) is 14.1. The van der Waals surface area contributed by atoms with Crippen LogP contribution in [0.2, 0.25) is 0 Å². The molecule has 3 heterocycles. The molecule has 4 saturated carbocycles. The first-order chi connectivity index (χ1) is 26.5. The topological polar surface area (TPSA) is 242 Å². The lowest BCUT2D eigenvalue weighted by Crippen LogP contribution is -2.68. The van der Waals surface area contributed by atoms with Gasteiger partial charge in [-0.05, 0) is 84.4 Å². The average molecular weight is 809 g/mol. The third-order valence-electron chi connectivity index (χ3n) is 17.6. The zero-order valence-corrected chi connectivity index (χ0v) is 34.1. The van der Waals surface area contributed by atoms with Crippen LogP contribution in [0.4, 0.5) is 0 Å². The highest BCUT2D eigenvalue weighted by molar-refractivity contribution is 5.82. The first-order valence-corrected chi connectivity index (χ1v) is 20.9. The Balaban J connectivity index is 1.07. The SMILES string of the molecule is CC1(C)C[C@H]2C3=CC[C@@H]4[C@@]5(C)CC[C@H](O[C@@H]6O[C@H](C(=O)O)[C@@H](O)[C@H](O)[C@H]6O[C@@H]6O[C@H](CO)[C@H](O)[C@H](O)[C@H]6O)C(C)(C)[C@@H]5CC[C@@]4(C)[C@]3(C)C[C@@H](O)[C@@]23C[C@@H]1OC3=O. The van der Waals surface area contributed by atoms with E-state index in [1.165, 1.54) is 5.57 Å². The van der Waals surface area contributed by atoms with E-state index in [-0.39, 0.29) is 51.5 Å². The number of carboxylic acids is 1. The molecule has 0 unspecified atom stereocenters. The molecule has 0 amide bonds. The second kappa shape index (κ2) is 13.6. The van der Waals surface area contributed by atoms with Gasteiger partial charge in [0.05, 0.1) is 18.8 Å². The summed E-state index contributed by atoms with van der Waals surface area (Å²) >= 11 is 0. The number of aliphatic hydroxyl groups excluding tert-OH is 7. The molecule has 322 valence electrons. The quantitative estimate of drug-likeness (QED) is 0.108. The first kappa shape index (κ1) is 42.0. The van der Waals surface area contributed by atoms with Crippen molar-refractivity contribution in [2.45, 2.75) is 180 Å². The fraction of sp³-hybridized carbons (Fsp3) is 0.905. The number of aliphatic carboxylic acids is 1. The van der Waals surface area contributed by atoms with Gasteiger partial charge in [0, 0.05) is 11.8 Å². The zero-order valence-electron chi connectivity index (χ0n) is 34.1. The lowest BCUT2D eigenvalue weighted by atomic mass is 9.33. The van der Waals surface area contributed by atoms with Crippen LogP contribution in [-0.2, 0) is 33.3 Å². The van der Waals surface area contributed by atoms with E-state index in [0.717, 1.165) is 32.1 Å². The summed E-state index contributed by atoms with van der Waals surface area (Å²) in [6, 6.07) is 0. The molecule has 3 aliphatic heterocycles. The molecule has 3 saturated heterocycles. The summed E-state index contributed by atoms with van der Waals surface area (Å²) < 4.78 is 29.9.